The number of aliphatic hydroxyl groups excluding tert-OH is 1. The first-order chi connectivity index (χ1) is 10.1. The lowest BCUT2D eigenvalue weighted by Gasteiger charge is -2.24. The molecule has 1 rings (SSSR count). The zero-order valence-corrected chi connectivity index (χ0v) is 13.5. The van der Waals surface area contributed by atoms with Crippen molar-refractivity contribution in [2.75, 3.05) is 41.0 Å². The molecule has 1 N–H and O–H groups in total. The number of methoxy groups -OCH3 is 3. The predicted molar refractivity (Wildman–Crippen MR) is 83.0 cm³/mol. The van der Waals surface area contributed by atoms with Gasteiger partial charge >= 0.3 is 0 Å². The van der Waals surface area contributed by atoms with Crippen LogP contribution >= 0.6 is 0 Å². The summed E-state index contributed by atoms with van der Waals surface area (Å²) in [6.45, 7) is 4.73. The van der Waals surface area contributed by atoms with Crippen LogP contribution in [0.3, 0.4) is 0 Å². The van der Waals surface area contributed by atoms with E-state index in [0.29, 0.717) is 19.7 Å². The van der Waals surface area contributed by atoms with Gasteiger partial charge in [-0.3, -0.25) is 4.90 Å². The average Bonchev–Trinajstić information content (AvgIpc) is 2.51. The lowest BCUT2D eigenvalue weighted by Crippen LogP contribution is -2.34. The Morgan fingerprint density at radius 3 is 2.19 bits per heavy atom. The van der Waals surface area contributed by atoms with E-state index in [1.165, 1.54) is 0 Å². The van der Waals surface area contributed by atoms with Crippen molar-refractivity contribution < 1.29 is 19.3 Å². The molecule has 0 saturated carbocycles. The highest BCUT2D eigenvalue weighted by atomic mass is 16.5. The van der Waals surface area contributed by atoms with Crippen molar-refractivity contribution in [2.24, 2.45) is 0 Å². The smallest absolute Gasteiger partial charge is 0.122 e. The number of nitrogens with zero attached hydrogens (tertiary/aromatic N) is 1. The maximum atomic E-state index is 9.88. The fraction of sp³-hybridized carbons (Fsp3) is 0.625. The van der Waals surface area contributed by atoms with Crippen molar-refractivity contribution in [3.05, 3.63) is 23.8 Å². The van der Waals surface area contributed by atoms with E-state index >= 15 is 0 Å². The first kappa shape index (κ1) is 17.8. The van der Waals surface area contributed by atoms with E-state index in [9.17, 15) is 5.11 Å². The second kappa shape index (κ2) is 9.60. The molecule has 0 heterocycles. The Balaban J connectivity index is 2.80. The number of rotatable bonds is 10. The Kier molecular flexibility index (Phi) is 8.12. The molecule has 0 aliphatic carbocycles. The Morgan fingerprint density at radius 2 is 1.71 bits per heavy atom. The summed E-state index contributed by atoms with van der Waals surface area (Å²) in [4.78, 5) is 2.17. The molecule has 0 spiro atoms. The topological polar surface area (TPSA) is 51.2 Å². The standard InChI is InChI=1S/C16H27NO4/c1-5-14(18)12-17(6-7-19-2)11-13-8-15(20-3)10-16(9-13)21-4/h8-10,14,18H,5-7,11-12H2,1-4H3. The quantitative estimate of drug-likeness (QED) is 0.715. The fourth-order valence-electron chi connectivity index (χ4n) is 2.10. The Morgan fingerprint density at radius 1 is 1.10 bits per heavy atom. The Labute approximate surface area is 127 Å². The van der Waals surface area contributed by atoms with Crippen molar-refractivity contribution in [3.63, 3.8) is 0 Å². The van der Waals surface area contributed by atoms with Crippen LogP contribution in [0.2, 0.25) is 0 Å². The number of hydrogen-bond acceptors (Lipinski definition) is 5. The van der Waals surface area contributed by atoms with E-state index in [2.05, 4.69) is 4.90 Å². The summed E-state index contributed by atoms with van der Waals surface area (Å²) >= 11 is 0. The summed E-state index contributed by atoms with van der Waals surface area (Å²) < 4.78 is 15.7. The number of hydrogen-bond donors (Lipinski definition) is 1. The summed E-state index contributed by atoms with van der Waals surface area (Å²) in [5.74, 6) is 1.54. The molecule has 0 aromatic heterocycles. The molecule has 120 valence electrons. The largest absolute Gasteiger partial charge is 0.497 e. The Bertz CT molecular complexity index is 389. The van der Waals surface area contributed by atoms with Gasteiger partial charge < -0.3 is 19.3 Å². The number of aliphatic hydroxyl groups is 1. The lowest BCUT2D eigenvalue weighted by atomic mass is 10.1. The third-order valence-electron chi connectivity index (χ3n) is 3.37. The van der Waals surface area contributed by atoms with Gasteiger partial charge in [-0.25, -0.2) is 0 Å². The lowest BCUT2D eigenvalue weighted by molar-refractivity contribution is 0.0829. The van der Waals surface area contributed by atoms with Gasteiger partial charge in [0.1, 0.15) is 11.5 Å². The van der Waals surface area contributed by atoms with Crippen molar-refractivity contribution in [2.45, 2.75) is 26.0 Å². The molecule has 1 aromatic rings. The minimum absolute atomic E-state index is 0.325. The zero-order valence-electron chi connectivity index (χ0n) is 13.5. The van der Waals surface area contributed by atoms with E-state index < -0.39 is 0 Å². The van der Waals surface area contributed by atoms with E-state index in [1.54, 1.807) is 21.3 Å². The SMILES string of the molecule is CCC(O)CN(CCOC)Cc1cc(OC)cc(OC)c1. The normalized spacial score (nSPS) is 12.5. The molecule has 5 heteroatoms. The van der Waals surface area contributed by atoms with Gasteiger partial charge in [0.05, 0.1) is 26.9 Å². The van der Waals surface area contributed by atoms with E-state index in [1.807, 2.05) is 25.1 Å². The maximum Gasteiger partial charge on any atom is 0.122 e. The van der Waals surface area contributed by atoms with E-state index in [-0.39, 0.29) is 6.10 Å². The minimum atomic E-state index is -0.325. The van der Waals surface area contributed by atoms with Crippen LogP contribution in [-0.2, 0) is 11.3 Å². The summed E-state index contributed by atoms with van der Waals surface area (Å²) in [7, 11) is 4.97. The highest BCUT2D eigenvalue weighted by Gasteiger charge is 2.12. The van der Waals surface area contributed by atoms with Crippen LogP contribution in [-0.4, -0.2) is 57.1 Å². The molecule has 5 nitrogen and oxygen atoms in total. The van der Waals surface area contributed by atoms with Crippen LogP contribution in [0.5, 0.6) is 11.5 Å². The maximum absolute atomic E-state index is 9.88. The van der Waals surface area contributed by atoms with Crippen molar-refractivity contribution in [3.8, 4) is 11.5 Å². The molecular formula is C16H27NO4. The molecule has 0 bridgehead atoms. The zero-order chi connectivity index (χ0) is 15.7. The molecule has 21 heavy (non-hydrogen) atoms. The second-order valence-corrected chi connectivity index (χ2v) is 5.01. The molecule has 0 amide bonds. The van der Waals surface area contributed by atoms with Crippen LogP contribution in [0.25, 0.3) is 0 Å². The van der Waals surface area contributed by atoms with E-state index in [0.717, 1.165) is 30.0 Å². The van der Waals surface area contributed by atoms with Crippen molar-refractivity contribution in [1.82, 2.24) is 4.90 Å². The van der Waals surface area contributed by atoms with Gasteiger partial charge in [-0.1, -0.05) is 6.92 Å². The van der Waals surface area contributed by atoms with Crippen LogP contribution in [0.1, 0.15) is 18.9 Å². The second-order valence-electron chi connectivity index (χ2n) is 5.01. The molecule has 1 aromatic carbocycles. The summed E-state index contributed by atoms with van der Waals surface area (Å²) in [6, 6.07) is 5.82. The van der Waals surface area contributed by atoms with Crippen LogP contribution < -0.4 is 9.47 Å². The van der Waals surface area contributed by atoms with Gasteiger partial charge in [-0.05, 0) is 24.1 Å². The van der Waals surface area contributed by atoms with Gasteiger partial charge in [0, 0.05) is 32.8 Å². The third-order valence-corrected chi connectivity index (χ3v) is 3.37. The van der Waals surface area contributed by atoms with Gasteiger partial charge in [0.25, 0.3) is 0 Å². The first-order valence-electron chi connectivity index (χ1n) is 7.24. The molecule has 0 aliphatic heterocycles. The highest BCUT2D eigenvalue weighted by Crippen LogP contribution is 2.23. The van der Waals surface area contributed by atoms with Gasteiger partial charge in [-0.2, -0.15) is 0 Å². The minimum Gasteiger partial charge on any atom is -0.497 e. The molecule has 0 radical (unpaired) electrons. The first-order valence-corrected chi connectivity index (χ1v) is 7.24. The molecular weight excluding hydrogens is 270 g/mol. The molecule has 0 fully saturated rings. The van der Waals surface area contributed by atoms with Crippen LogP contribution in [0.15, 0.2) is 18.2 Å². The predicted octanol–water partition coefficient (Wildman–Crippen LogP) is 1.92. The van der Waals surface area contributed by atoms with Gasteiger partial charge in [-0.15, -0.1) is 0 Å². The molecule has 0 saturated heterocycles. The molecule has 1 unspecified atom stereocenters. The monoisotopic (exact) mass is 297 g/mol. The number of ether oxygens (including phenoxy) is 3. The number of benzene rings is 1. The van der Waals surface area contributed by atoms with Gasteiger partial charge in [0.2, 0.25) is 0 Å². The van der Waals surface area contributed by atoms with Crippen LogP contribution in [0, 0.1) is 0 Å². The highest BCUT2D eigenvalue weighted by molar-refractivity contribution is 5.38. The summed E-state index contributed by atoms with van der Waals surface area (Å²) in [6.07, 6.45) is 0.416. The Hall–Kier alpha value is -1.30. The van der Waals surface area contributed by atoms with E-state index in [4.69, 9.17) is 14.2 Å². The average molecular weight is 297 g/mol. The summed E-state index contributed by atoms with van der Waals surface area (Å²) in [5, 5.41) is 9.88. The third kappa shape index (κ3) is 6.33. The molecule has 1 atom stereocenters. The van der Waals surface area contributed by atoms with Crippen LogP contribution in [0.4, 0.5) is 0 Å². The van der Waals surface area contributed by atoms with Crippen molar-refractivity contribution >= 4 is 0 Å². The summed E-state index contributed by atoms with van der Waals surface area (Å²) in [5.41, 5.74) is 1.09. The van der Waals surface area contributed by atoms with Gasteiger partial charge in [0.15, 0.2) is 0 Å². The molecule has 0 aliphatic rings. The fourth-order valence-corrected chi connectivity index (χ4v) is 2.10. The van der Waals surface area contributed by atoms with Crippen molar-refractivity contribution in [1.29, 1.82) is 0 Å².